The van der Waals surface area contributed by atoms with Crippen molar-refractivity contribution in [2.45, 2.75) is 52.6 Å². The summed E-state index contributed by atoms with van der Waals surface area (Å²) >= 11 is 10.6. The molecule has 9 heteroatoms. The Morgan fingerprint density at radius 3 is 1.88 bits per heavy atom. The number of hydrogen-bond donors (Lipinski definition) is 1. The summed E-state index contributed by atoms with van der Waals surface area (Å²) in [5, 5.41) is 0. The summed E-state index contributed by atoms with van der Waals surface area (Å²) in [7, 11) is 0. The molecule has 134 valence electrons. The van der Waals surface area contributed by atoms with Gasteiger partial charge in [-0.3, -0.25) is 13.5 Å². The molecule has 1 atom stereocenters. The van der Waals surface area contributed by atoms with Crippen LogP contribution >= 0.6 is 87.2 Å². The van der Waals surface area contributed by atoms with Crippen LogP contribution in [-0.2, 0) is 0 Å². The monoisotopic (exact) mass is 810 g/mol. The third-order valence-corrected chi connectivity index (χ3v) is 21.7. The van der Waals surface area contributed by atoms with Crippen molar-refractivity contribution < 1.29 is 4.24 Å². The Labute approximate surface area is 199 Å². The zero-order valence-electron chi connectivity index (χ0n) is 14.8. The van der Waals surface area contributed by atoms with E-state index in [4.69, 9.17) is 0 Å². The van der Waals surface area contributed by atoms with Gasteiger partial charge >= 0.3 is 6.78 Å². The average Bonchev–Trinajstić information content (AvgIpc) is 2.31. The first kappa shape index (κ1) is 22.3. The van der Waals surface area contributed by atoms with Crippen LogP contribution in [0.4, 0.5) is 0 Å². The third-order valence-electron chi connectivity index (χ3n) is 3.69. The molecule has 1 N–H and O–H groups in total. The quantitative estimate of drug-likeness (QED) is 0.245. The molecule has 0 amide bonds. The number of benzene rings is 1. The van der Waals surface area contributed by atoms with Crippen LogP contribution in [0.2, 0.25) is 0 Å². The van der Waals surface area contributed by atoms with Crippen molar-refractivity contribution in [3.63, 3.8) is 0 Å². The standard InChI is InChI=1S/C15H24I4N3Si2/c1-14(2,3)21-13(12-10-8-7-9-11-12)22(15(4,5)6)24(21,19)20-23(16,17)18/h7-11,20H,1-6H3/q+1. The van der Waals surface area contributed by atoms with Crippen molar-refractivity contribution >= 4 is 99.8 Å². The van der Waals surface area contributed by atoms with E-state index in [1.807, 2.05) is 0 Å². The molecule has 0 unspecified atom stereocenters. The van der Waals surface area contributed by atoms with E-state index in [2.05, 4.69) is 173 Å². The van der Waals surface area contributed by atoms with Gasteiger partial charge in [0.2, 0.25) is 0 Å². The highest BCUT2D eigenvalue weighted by Gasteiger charge is 2.73. The summed E-state index contributed by atoms with van der Waals surface area (Å²) in [6.07, 6.45) is 0. The molecule has 0 radical (unpaired) electrons. The minimum absolute atomic E-state index is 0.0803. The number of hydrogen-bond acceptors (Lipinski definition) is 2. The minimum atomic E-state index is -2.02. The Balaban J connectivity index is 2.73. The Bertz CT molecular complexity index is 647. The molecular weight excluding hydrogens is 786 g/mol. The topological polar surface area (TPSA) is 18.3 Å². The van der Waals surface area contributed by atoms with Gasteiger partial charge in [0, 0.05) is 21.8 Å². The van der Waals surface area contributed by atoms with Gasteiger partial charge in [-0.25, -0.2) is 0 Å². The fourth-order valence-electron chi connectivity index (χ4n) is 3.10. The second-order valence-electron chi connectivity index (χ2n) is 7.91. The molecule has 0 bridgehead atoms. The molecule has 24 heavy (non-hydrogen) atoms. The van der Waals surface area contributed by atoms with Gasteiger partial charge in [-0.05, 0) is 53.7 Å². The van der Waals surface area contributed by atoms with Crippen molar-refractivity contribution in [2.24, 2.45) is 0 Å². The van der Waals surface area contributed by atoms with Crippen molar-refractivity contribution in [1.29, 1.82) is 0 Å². The maximum absolute atomic E-state index is 4.10. The number of amidine groups is 1. The lowest BCUT2D eigenvalue weighted by Crippen LogP contribution is -2.86. The average molecular weight is 810 g/mol. The zero-order valence-corrected chi connectivity index (χ0v) is 25.4. The van der Waals surface area contributed by atoms with Gasteiger partial charge in [-0.15, -0.1) is 0 Å². The van der Waals surface area contributed by atoms with Crippen molar-refractivity contribution in [3.8, 4) is 0 Å². The van der Waals surface area contributed by atoms with Gasteiger partial charge in [-0.2, -0.15) is 0 Å². The normalized spacial score (nSPS) is 22.7. The van der Waals surface area contributed by atoms with Gasteiger partial charge in [0.05, 0.1) is 16.6 Å². The molecule has 0 aliphatic carbocycles. The maximum Gasteiger partial charge on any atom is 0.626 e. The Morgan fingerprint density at radius 1 is 1.00 bits per heavy atom. The Hall–Kier alpha value is 2.00. The second kappa shape index (κ2) is 7.44. The first-order chi connectivity index (χ1) is 10.7. The number of rotatable bonds is 3. The van der Waals surface area contributed by atoms with E-state index < -0.39 is 6.78 Å². The first-order valence-electron chi connectivity index (χ1n) is 7.76. The van der Waals surface area contributed by atoms with E-state index in [1.165, 1.54) is 11.4 Å². The minimum Gasteiger partial charge on any atom is -0.254 e. The number of halogens is 4. The van der Waals surface area contributed by atoms with Crippen LogP contribution in [0.25, 0.3) is 0 Å². The first-order valence-corrected chi connectivity index (χ1v) is 24.1. The SMILES string of the molecule is CC(C)(C)N1C(c2ccccc2)=[N+](C(C)(C)C)[Si@@]1(I)N[Si](I)(I)I. The Kier molecular flexibility index (Phi) is 6.91. The summed E-state index contributed by atoms with van der Waals surface area (Å²) < 4.78 is 7.94. The fraction of sp³-hybridized carbons (Fsp3) is 0.533. The van der Waals surface area contributed by atoms with Crippen molar-refractivity contribution in [2.75, 3.05) is 0 Å². The molecule has 0 fully saturated rings. The van der Waals surface area contributed by atoms with E-state index >= 15 is 0 Å². The molecule has 1 aliphatic heterocycles. The summed E-state index contributed by atoms with van der Waals surface area (Å²) in [6, 6.07) is 8.83. The molecule has 0 saturated carbocycles. The molecule has 3 nitrogen and oxygen atoms in total. The lowest BCUT2D eigenvalue weighted by Gasteiger charge is -2.53. The molecule has 1 aromatic rings. The highest BCUT2D eigenvalue weighted by molar-refractivity contribution is 14.4. The highest BCUT2D eigenvalue weighted by atomic mass is 127. The van der Waals surface area contributed by atoms with Gasteiger partial charge in [0.1, 0.15) is 0 Å². The number of nitrogens with one attached hydrogen (secondary N) is 1. The summed E-state index contributed by atoms with van der Waals surface area (Å²) in [4.78, 5) is 0. The van der Waals surface area contributed by atoms with Crippen LogP contribution in [-0.4, -0.2) is 32.5 Å². The molecule has 0 spiro atoms. The second-order valence-corrected chi connectivity index (χ2v) is 49.6. The lowest BCUT2D eigenvalue weighted by atomic mass is 10.1. The summed E-state index contributed by atoms with van der Waals surface area (Å²) in [5.74, 6) is 1.37. The van der Waals surface area contributed by atoms with Gasteiger partial charge in [0.15, 0.2) is 0 Å². The summed E-state index contributed by atoms with van der Waals surface area (Å²) in [5.41, 5.74) is 1.47. The van der Waals surface area contributed by atoms with Gasteiger partial charge in [0.25, 0.3) is 5.84 Å². The van der Waals surface area contributed by atoms with E-state index in [9.17, 15) is 0 Å². The predicted molar refractivity (Wildman–Crippen MR) is 143 cm³/mol. The molecule has 1 aliphatic rings. The van der Waals surface area contributed by atoms with Crippen molar-refractivity contribution in [1.82, 2.24) is 9.21 Å². The highest BCUT2D eigenvalue weighted by Crippen LogP contribution is 2.42. The molecule has 0 aromatic heterocycles. The summed E-state index contributed by atoms with van der Waals surface area (Å²) in [6.45, 7) is 14.0. The predicted octanol–water partition coefficient (Wildman–Crippen LogP) is 5.56. The smallest absolute Gasteiger partial charge is 0.254 e. The van der Waals surface area contributed by atoms with Gasteiger partial charge < -0.3 is 0 Å². The van der Waals surface area contributed by atoms with E-state index in [0.29, 0.717) is 0 Å². The maximum atomic E-state index is 4.10. The van der Waals surface area contributed by atoms with Crippen molar-refractivity contribution in [3.05, 3.63) is 35.9 Å². The molecule has 0 saturated heterocycles. The van der Waals surface area contributed by atoms with E-state index in [0.717, 1.165) is 0 Å². The molecular formula is C15H24I4N3Si2+. The zero-order chi connectivity index (χ0) is 18.6. The number of nitrogens with zero attached hydrogens (tertiary/aromatic N) is 2. The van der Waals surface area contributed by atoms with Crippen LogP contribution in [0, 0.1) is 0 Å². The molecule has 2 rings (SSSR count). The van der Waals surface area contributed by atoms with E-state index in [1.54, 1.807) is 0 Å². The van der Waals surface area contributed by atoms with Crippen LogP contribution in [0.3, 0.4) is 0 Å². The van der Waals surface area contributed by atoms with E-state index in [-0.39, 0.29) is 11.1 Å². The van der Waals surface area contributed by atoms with Crippen LogP contribution in [0.5, 0.6) is 0 Å². The largest absolute Gasteiger partial charge is 0.626 e. The lowest BCUT2D eigenvalue weighted by molar-refractivity contribution is -0.512. The van der Waals surface area contributed by atoms with Crippen LogP contribution < -0.4 is 4.65 Å². The van der Waals surface area contributed by atoms with Crippen LogP contribution in [0.1, 0.15) is 47.1 Å². The third kappa shape index (κ3) is 4.70. The Morgan fingerprint density at radius 2 is 1.50 bits per heavy atom. The molecule has 1 heterocycles. The van der Waals surface area contributed by atoms with Gasteiger partial charge in [-0.1, -0.05) is 83.6 Å². The molecule has 1 aromatic carbocycles. The fourth-order valence-corrected chi connectivity index (χ4v) is 41.7. The van der Waals surface area contributed by atoms with Crippen LogP contribution in [0.15, 0.2) is 30.3 Å².